The fourth-order valence-corrected chi connectivity index (χ4v) is 2.87. The van der Waals surface area contributed by atoms with Crippen LogP contribution in [-0.2, 0) is 11.2 Å². The van der Waals surface area contributed by atoms with Gasteiger partial charge in [0.15, 0.2) is 0 Å². The van der Waals surface area contributed by atoms with Gasteiger partial charge in [0.05, 0.1) is 4.92 Å². The first-order valence-corrected chi connectivity index (χ1v) is 9.35. The molecule has 1 amide bonds. The fourth-order valence-electron chi connectivity index (χ4n) is 2.87. The Morgan fingerprint density at radius 3 is 2.45 bits per heavy atom. The normalized spacial score (nSPS) is 12.0. The quantitative estimate of drug-likeness (QED) is 0.455. The average Bonchev–Trinajstić information content (AvgIpc) is 3.21. The maximum absolute atomic E-state index is 12.4. The van der Waals surface area contributed by atoms with Gasteiger partial charge in [0, 0.05) is 24.1 Å². The molecule has 1 heterocycles. The van der Waals surface area contributed by atoms with Gasteiger partial charge in [-0.2, -0.15) is 4.98 Å². The number of carbonyl (C=O) groups is 1. The van der Waals surface area contributed by atoms with Gasteiger partial charge in [-0.15, -0.1) is 0 Å². The molecule has 0 spiro atoms. The van der Waals surface area contributed by atoms with Gasteiger partial charge < -0.3 is 9.84 Å². The van der Waals surface area contributed by atoms with Crippen LogP contribution in [0.3, 0.4) is 0 Å². The van der Waals surface area contributed by atoms with Crippen molar-refractivity contribution in [3.63, 3.8) is 0 Å². The third kappa shape index (κ3) is 5.25. The third-order valence-corrected chi connectivity index (χ3v) is 4.51. The highest BCUT2D eigenvalue weighted by atomic mass is 16.6. The molecule has 0 saturated carbocycles. The molecule has 3 rings (SSSR count). The number of aryl methyl sites for hydroxylation is 1. The highest BCUT2D eigenvalue weighted by Crippen LogP contribution is 2.25. The van der Waals surface area contributed by atoms with Crippen molar-refractivity contribution in [2.75, 3.05) is 0 Å². The van der Waals surface area contributed by atoms with Crippen LogP contribution < -0.4 is 5.32 Å². The van der Waals surface area contributed by atoms with Crippen LogP contribution in [0.2, 0.25) is 0 Å². The molecular formula is C21H22N4O4. The van der Waals surface area contributed by atoms with Crippen LogP contribution in [0.25, 0.3) is 11.4 Å². The number of nitrogens with one attached hydrogen (secondary N) is 1. The summed E-state index contributed by atoms with van der Waals surface area (Å²) in [4.78, 5) is 27.1. The largest absolute Gasteiger partial charge is 0.344 e. The van der Waals surface area contributed by atoms with E-state index in [2.05, 4.69) is 15.5 Å². The number of rotatable bonds is 8. The number of hydrogen-bond acceptors (Lipinski definition) is 6. The van der Waals surface area contributed by atoms with Crippen molar-refractivity contribution in [3.05, 3.63) is 76.2 Å². The van der Waals surface area contributed by atoms with Crippen molar-refractivity contribution in [2.45, 2.75) is 32.7 Å². The Balaban J connectivity index is 1.67. The van der Waals surface area contributed by atoms with Crippen LogP contribution >= 0.6 is 0 Å². The molecule has 0 fully saturated rings. The number of nitro groups is 1. The molecule has 1 atom stereocenters. The molecule has 2 aromatic carbocycles. The molecular weight excluding hydrogens is 372 g/mol. The Morgan fingerprint density at radius 1 is 1.14 bits per heavy atom. The molecule has 150 valence electrons. The van der Waals surface area contributed by atoms with Crippen molar-refractivity contribution in [1.29, 1.82) is 0 Å². The second kappa shape index (κ2) is 9.09. The van der Waals surface area contributed by atoms with E-state index in [1.54, 1.807) is 12.1 Å². The number of hydrogen-bond donors (Lipinski definition) is 1. The van der Waals surface area contributed by atoms with E-state index in [1.165, 1.54) is 12.1 Å². The molecule has 1 unspecified atom stereocenters. The number of carbonyl (C=O) groups excluding carboxylic acids is 1. The molecule has 8 nitrogen and oxygen atoms in total. The average molecular weight is 394 g/mol. The lowest BCUT2D eigenvalue weighted by molar-refractivity contribution is -0.384. The summed E-state index contributed by atoms with van der Waals surface area (Å²) in [5, 5.41) is 17.7. The second-order valence-electron chi connectivity index (χ2n) is 7.04. The van der Waals surface area contributed by atoms with E-state index >= 15 is 0 Å². The minimum atomic E-state index is -0.467. The predicted octanol–water partition coefficient (Wildman–Crippen LogP) is 4.09. The molecule has 8 heteroatoms. The number of amides is 1. The van der Waals surface area contributed by atoms with Crippen molar-refractivity contribution >= 4 is 11.6 Å². The monoisotopic (exact) mass is 394 g/mol. The van der Waals surface area contributed by atoms with E-state index in [0.717, 1.165) is 5.56 Å². The lowest BCUT2D eigenvalue weighted by Crippen LogP contribution is -2.32. The molecule has 29 heavy (non-hydrogen) atoms. The van der Waals surface area contributed by atoms with Gasteiger partial charge in [-0.05, 0) is 30.0 Å². The summed E-state index contributed by atoms with van der Waals surface area (Å²) in [5.74, 6) is 0.573. The van der Waals surface area contributed by atoms with Gasteiger partial charge in [-0.1, -0.05) is 49.3 Å². The zero-order chi connectivity index (χ0) is 20.8. The maximum Gasteiger partial charge on any atom is 0.269 e. The van der Waals surface area contributed by atoms with Crippen LogP contribution in [0.1, 0.15) is 37.8 Å². The summed E-state index contributed by atoms with van der Waals surface area (Å²) in [7, 11) is 0. The van der Waals surface area contributed by atoms with Crippen LogP contribution in [0.4, 0.5) is 5.69 Å². The van der Waals surface area contributed by atoms with Gasteiger partial charge in [0.2, 0.25) is 17.6 Å². The van der Waals surface area contributed by atoms with Crippen molar-refractivity contribution in [1.82, 2.24) is 15.5 Å². The number of aromatic nitrogens is 2. The number of nitrogens with zero attached hydrogens (tertiary/aromatic N) is 3. The lowest BCUT2D eigenvalue weighted by atomic mass is 10.0. The second-order valence-corrected chi connectivity index (χ2v) is 7.04. The van der Waals surface area contributed by atoms with E-state index in [-0.39, 0.29) is 17.5 Å². The summed E-state index contributed by atoms with van der Waals surface area (Å²) in [6.07, 6.45) is 1.01. The number of non-ortho nitro benzene ring substituents is 1. The first kappa shape index (κ1) is 20.2. The van der Waals surface area contributed by atoms with Gasteiger partial charge in [-0.25, -0.2) is 0 Å². The third-order valence-electron chi connectivity index (χ3n) is 4.51. The van der Waals surface area contributed by atoms with E-state index in [9.17, 15) is 14.9 Å². The van der Waals surface area contributed by atoms with E-state index in [1.807, 2.05) is 44.2 Å². The summed E-state index contributed by atoms with van der Waals surface area (Å²) >= 11 is 0. The number of benzene rings is 2. The molecule has 0 aliphatic rings. The number of nitro benzene ring substituents is 1. The Bertz CT molecular complexity index is 968. The highest BCUT2D eigenvalue weighted by molar-refractivity contribution is 5.76. The van der Waals surface area contributed by atoms with Gasteiger partial charge >= 0.3 is 0 Å². The summed E-state index contributed by atoms with van der Waals surface area (Å²) < 4.78 is 5.37. The first-order valence-electron chi connectivity index (χ1n) is 9.35. The molecule has 1 aromatic heterocycles. The van der Waals surface area contributed by atoms with Gasteiger partial charge in [0.1, 0.15) is 6.04 Å². The van der Waals surface area contributed by atoms with E-state index < -0.39 is 11.0 Å². The summed E-state index contributed by atoms with van der Waals surface area (Å²) in [6.45, 7) is 3.91. The molecule has 0 radical (unpaired) electrons. The molecule has 0 aliphatic carbocycles. The van der Waals surface area contributed by atoms with Crippen molar-refractivity contribution in [2.24, 2.45) is 5.92 Å². The minimum Gasteiger partial charge on any atom is -0.344 e. The Kier molecular flexibility index (Phi) is 6.33. The van der Waals surface area contributed by atoms with Crippen molar-refractivity contribution in [3.8, 4) is 11.4 Å². The first-order chi connectivity index (χ1) is 13.9. The minimum absolute atomic E-state index is 0.0109. The predicted molar refractivity (Wildman–Crippen MR) is 107 cm³/mol. The molecule has 0 bridgehead atoms. The zero-order valence-corrected chi connectivity index (χ0v) is 16.2. The smallest absolute Gasteiger partial charge is 0.269 e. The SMILES string of the molecule is CC(C)C(NC(=O)CCc1ccccc1)c1nc(-c2ccc([N+](=O)[O-])cc2)no1. The Hall–Kier alpha value is -3.55. The lowest BCUT2D eigenvalue weighted by Gasteiger charge is -2.18. The molecule has 3 aromatic rings. The van der Waals surface area contributed by atoms with Crippen LogP contribution in [0.5, 0.6) is 0 Å². The van der Waals surface area contributed by atoms with Crippen LogP contribution in [0.15, 0.2) is 59.1 Å². The van der Waals surface area contributed by atoms with E-state index in [0.29, 0.717) is 30.1 Å². The van der Waals surface area contributed by atoms with Gasteiger partial charge in [-0.3, -0.25) is 14.9 Å². The highest BCUT2D eigenvalue weighted by Gasteiger charge is 2.25. The molecule has 0 aliphatic heterocycles. The maximum atomic E-state index is 12.4. The van der Waals surface area contributed by atoms with Crippen molar-refractivity contribution < 1.29 is 14.2 Å². The zero-order valence-electron chi connectivity index (χ0n) is 16.2. The molecule has 1 N–H and O–H groups in total. The molecule has 0 saturated heterocycles. The Labute approximate surface area is 168 Å². The Morgan fingerprint density at radius 2 is 1.83 bits per heavy atom. The van der Waals surface area contributed by atoms with Crippen LogP contribution in [-0.4, -0.2) is 21.0 Å². The summed E-state index contributed by atoms with van der Waals surface area (Å²) in [5.41, 5.74) is 1.69. The standard InChI is InChI=1S/C21H22N4O4/c1-14(2)19(22-18(26)13-8-15-6-4-3-5-7-15)21-23-20(24-29-21)16-9-11-17(12-10-16)25(27)28/h3-7,9-12,14,19H,8,13H2,1-2H3,(H,22,26). The van der Waals surface area contributed by atoms with Gasteiger partial charge in [0.25, 0.3) is 5.69 Å². The fraction of sp³-hybridized carbons (Fsp3) is 0.286. The van der Waals surface area contributed by atoms with Crippen LogP contribution in [0, 0.1) is 16.0 Å². The van der Waals surface area contributed by atoms with E-state index in [4.69, 9.17) is 4.52 Å². The topological polar surface area (TPSA) is 111 Å². The summed E-state index contributed by atoms with van der Waals surface area (Å²) in [6, 6.07) is 15.3.